The van der Waals surface area contributed by atoms with Gasteiger partial charge >= 0.3 is 0 Å². The van der Waals surface area contributed by atoms with Crippen LogP contribution in [0.4, 0.5) is 0 Å². The van der Waals surface area contributed by atoms with E-state index < -0.39 is 0 Å². The monoisotopic (exact) mass is 389 g/mol. The lowest BCUT2D eigenvalue weighted by molar-refractivity contribution is 0.0952. The first kappa shape index (κ1) is 21.2. The summed E-state index contributed by atoms with van der Waals surface area (Å²) in [6.45, 7) is 1.26. The van der Waals surface area contributed by atoms with E-state index in [0.717, 1.165) is 12.1 Å². The van der Waals surface area contributed by atoms with E-state index in [2.05, 4.69) is 15.6 Å². The summed E-state index contributed by atoms with van der Waals surface area (Å²) in [6.07, 6.45) is 7.66. The van der Waals surface area contributed by atoms with Gasteiger partial charge in [-0.1, -0.05) is 56.0 Å². The number of aromatic nitrogens is 1. The Balaban J connectivity index is 0.00000261. The molecule has 27 heavy (non-hydrogen) atoms. The minimum atomic E-state index is -0.361. The van der Waals surface area contributed by atoms with Gasteiger partial charge in [0.1, 0.15) is 5.56 Å². The zero-order valence-electron chi connectivity index (χ0n) is 15.5. The van der Waals surface area contributed by atoms with Gasteiger partial charge in [0.05, 0.1) is 0 Å². The van der Waals surface area contributed by atoms with Gasteiger partial charge in [-0.3, -0.25) is 9.59 Å². The highest BCUT2D eigenvalue weighted by Gasteiger charge is 2.13. The fraction of sp³-hybridized carbons (Fsp3) is 0.429. The maximum Gasteiger partial charge on any atom is 0.261 e. The number of halogens is 1. The van der Waals surface area contributed by atoms with E-state index in [1.165, 1.54) is 38.5 Å². The first-order valence-corrected chi connectivity index (χ1v) is 9.54. The summed E-state index contributed by atoms with van der Waals surface area (Å²) in [5.41, 5.74) is 1.42. The van der Waals surface area contributed by atoms with Gasteiger partial charge in [0.25, 0.3) is 11.5 Å². The van der Waals surface area contributed by atoms with Gasteiger partial charge in [-0.05, 0) is 30.5 Å². The molecule has 5 nitrogen and oxygen atoms in total. The predicted molar refractivity (Wildman–Crippen MR) is 112 cm³/mol. The van der Waals surface area contributed by atoms with Crippen molar-refractivity contribution >= 4 is 18.3 Å². The lowest BCUT2D eigenvalue weighted by Crippen LogP contribution is -2.38. The van der Waals surface area contributed by atoms with Crippen LogP contribution in [0, 0.1) is 0 Å². The quantitative estimate of drug-likeness (QED) is 0.522. The number of carbonyl (C=O) groups excluding carboxylic acids is 1. The van der Waals surface area contributed by atoms with Gasteiger partial charge < -0.3 is 15.6 Å². The molecule has 1 aliphatic rings. The Hall–Kier alpha value is -2.11. The van der Waals surface area contributed by atoms with Crippen molar-refractivity contribution in [2.24, 2.45) is 0 Å². The Labute approximate surface area is 166 Å². The van der Waals surface area contributed by atoms with Crippen molar-refractivity contribution < 1.29 is 4.79 Å². The Morgan fingerprint density at radius 3 is 2.33 bits per heavy atom. The van der Waals surface area contributed by atoms with E-state index in [4.69, 9.17) is 0 Å². The standard InChI is InChI=1S/C21H27N3O2.ClH/c25-20(23-15-14-22-17-10-6-1-2-7-11-17)18-12-13-19(24-21(18)26)16-8-4-3-5-9-16;/h3-5,8-9,12-13,17,22H,1-2,6-7,10-11,14-15H2,(H,23,25)(H,24,26);1H. The first-order valence-electron chi connectivity index (χ1n) is 9.54. The molecule has 0 aliphatic heterocycles. The second-order valence-electron chi connectivity index (χ2n) is 6.88. The Morgan fingerprint density at radius 1 is 0.963 bits per heavy atom. The second-order valence-corrected chi connectivity index (χ2v) is 6.88. The van der Waals surface area contributed by atoms with Crippen molar-refractivity contribution in [3.05, 3.63) is 58.4 Å². The number of amides is 1. The number of aromatic amines is 1. The van der Waals surface area contributed by atoms with Crippen LogP contribution in [0.2, 0.25) is 0 Å². The molecule has 1 fully saturated rings. The smallest absolute Gasteiger partial charge is 0.261 e. The number of hydrogen-bond donors (Lipinski definition) is 3. The summed E-state index contributed by atoms with van der Waals surface area (Å²) in [5.74, 6) is -0.325. The number of rotatable bonds is 6. The number of H-pyrrole nitrogens is 1. The molecule has 1 aliphatic carbocycles. The lowest BCUT2D eigenvalue weighted by Gasteiger charge is -2.16. The molecular formula is C21H28ClN3O2. The van der Waals surface area contributed by atoms with Crippen LogP contribution in [0.25, 0.3) is 11.3 Å². The Kier molecular flexibility index (Phi) is 8.55. The lowest BCUT2D eigenvalue weighted by atomic mass is 10.1. The molecule has 0 saturated heterocycles. The zero-order chi connectivity index (χ0) is 18.2. The number of pyridine rings is 1. The summed E-state index contributed by atoms with van der Waals surface area (Å²) >= 11 is 0. The number of benzene rings is 1. The van der Waals surface area contributed by atoms with Crippen molar-refractivity contribution in [2.75, 3.05) is 13.1 Å². The van der Waals surface area contributed by atoms with Crippen molar-refractivity contribution in [2.45, 2.75) is 44.6 Å². The van der Waals surface area contributed by atoms with Crippen LogP contribution in [0.15, 0.2) is 47.3 Å². The topological polar surface area (TPSA) is 74.0 Å². The Morgan fingerprint density at radius 2 is 1.67 bits per heavy atom. The fourth-order valence-corrected chi connectivity index (χ4v) is 3.47. The van der Waals surface area contributed by atoms with Gasteiger partial charge in [0, 0.05) is 24.8 Å². The van der Waals surface area contributed by atoms with E-state index >= 15 is 0 Å². The van der Waals surface area contributed by atoms with Crippen LogP contribution < -0.4 is 16.2 Å². The van der Waals surface area contributed by atoms with Gasteiger partial charge in [0.15, 0.2) is 0 Å². The van der Waals surface area contributed by atoms with Crippen LogP contribution in [0.5, 0.6) is 0 Å². The molecule has 3 rings (SSSR count). The highest BCUT2D eigenvalue weighted by molar-refractivity contribution is 5.94. The Bertz CT molecular complexity index is 768. The molecule has 0 unspecified atom stereocenters. The van der Waals surface area contributed by atoms with Gasteiger partial charge in [0.2, 0.25) is 0 Å². The number of hydrogen-bond acceptors (Lipinski definition) is 3. The molecule has 1 amide bonds. The van der Waals surface area contributed by atoms with Crippen LogP contribution >= 0.6 is 12.4 Å². The molecule has 0 radical (unpaired) electrons. The van der Waals surface area contributed by atoms with Crippen LogP contribution in [-0.2, 0) is 0 Å². The molecule has 1 saturated carbocycles. The first-order chi connectivity index (χ1) is 12.7. The summed E-state index contributed by atoms with van der Waals surface area (Å²) in [7, 11) is 0. The molecule has 1 aromatic carbocycles. The average Bonchev–Trinajstić information content (AvgIpc) is 2.94. The summed E-state index contributed by atoms with van der Waals surface area (Å²) in [6, 6.07) is 13.5. The van der Waals surface area contributed by atoms with E-state index in [9.17, 15) is 9.59 Å². The predicted octanol–water partition coefficient (Wildman–Crippen LogP) is 3.51. The van der Waals surface area contributed by atoms with Crippen LogP contribution in [0.3, 0.4) is 0 Å². The number of nitrogens with one attached hydrogen (secondary N) is 3. The van der Waals surface area contributed by atoms with Gasteiger partial charge in [-0.2, -0.15) is 0 Å². The molecule has 6 heteroatoms. The van der Waals surface area contributed by atoms with E-state index in [1.807, 2.05) is 30.3 Å². The minimum Gasteiger partial charge on any atom is -0.351 e. The van der Waals surface area contributed by atoms with Crippen molar-refractivity contribution in [1.82, 2.24) is 15.6 Å². The molecule has 0 bridgehead atoms. The molecule has 0 spiro atoms. The van der Waals surface area contributed by atoms with Crippen LogP contribution in [0.1, 0.15) is 48.9 Å². The third-order valence-corrected chi connectivity index (χ3v) is 4.94. The maximum absolute atomic E-state index is 12.3. The molecule has 1 heterocycles. The van der Waals surface area contributed by atoms with E-state index in [-0.39, 0.29) is 29.4 Å². The molecule has 146 valence electrons. The minimum absolute atomic E-state index is 0. The second kappa shape index (κ2) is 10.9. The highest BCUT2D eigenvalue weighted by atomic mass is 35.5. The van der Waals surface area contributed by atoms with E-state index in [1.54, 1.807) is 12.1 Å². The summed E-state index contributed by atoms with van der Waals surface area (Å²) in [4.78, 5) is 27.3. The SMILES string of the molecule is Cl.O=C(NCCNC1CCCCCC1)c1ccc(-c2ccccc2)[nH]c1=O. The van der Waals surface area contributed by atoms with Crippen molar-refractivity contribution in [3.63, 3.8) is 0 Å². The van der Waals surface area contributed by atoms with Crippen molar-refractivity contribution in [1.29, 1.82) is 0 Å². The molecule has 2 aromatic rings. The zero-order valence-corrected chi connectivity index (χ0v) is 16.3. The number of carbonyl (C=O) groups is 1. The maximum atomic E-state index is 12.3. The molecular weight excluding hydrogens is 362 g/mol. The molecule has 1 aromatic heterocycles. The molecule has 0 atom stereocenters. The van der Waals surface area contributed by atoms with Crippen LogP contribution in [-0.4, -0.2) is 30.0 Å². The fourth-order valence-electron chi connectivity index (χ4n) is 3.47. The van der Waals surface area contributed by atoms with Crippen molar-refractivity contribution in [3.8, 4) is 11.3 Å². The highest BCUT2D eigenvalue weighted by Crippen LogP contribution is 2.17. The van der Waals surface area contributed by atoms with Gasteiger partial charge in [-0.25, -0.2) is 0 Å². The summed E-state index contributed by atoms with van der Waals surface area (Å²) < 4.78 is 0. The third-order valence-electron chi connectivity index (χ3n) is 4.94. The third kappa shape index (κ3) is 6.22. The molecule has 3 N–H and O–H groups in total. The normalized spacial score (nSPS) is 14.8. The van der Waals surface area contributed by atoms with Gasteiger partial charge in [-0.15, -0.1) is 12.4 Å². The average molecular weight is 390 g/mol. The largest absolute Gasteiger partial charge is 0.351 e. The van der Waals surface area contributed by atoms with E-state index in [0.29, 0.717) is 18.3 Å². The summed E-state index contributed by atoms with van der Waals surface area (Å²) in [5, 5.41) is 6.35.